The third-order valence-corrected chi connectivity index (χ3v) is 5.84. The molecular formula is C18H36N2. The molecule has 2 fully saturated rings. The summed E-state index contributed by atoms with van der Waals surface area (Å²) in [5, 5.41) is 3.74. The largest absolute Gasteiger partial charge is 0.314 e. The van der Waals surface area contributed by atoms with E-state index in [1.165, 1.54) is 64.6 Å². The van der Waals surface area contributed by atoms with Gasteiger partial charge in [-0.1, -0.05) is 40.0 Å². The zero-order valence-corrected chi connectivity index (χ0v) is 14.3. The molecule has 0 aromatic heterocycles. The molecule has 0 amide bonds. The monoisotopic (exact) mass is 280 g/mol. The van der Waals surface area contributed by atoms with Crippen LogP contribution in [0.3, 0.4) is 0 Å². The Bertz CT molecular complexity index is 281. The predicted octanol–water partition coefficient (Wildman–Crippen LogP) is 4.06. The smallest absolute Gasteiger partial charge is 0.00928 e. The van der Waals surface area contributed by atoms with Gasteiger partial charge in [0, 0.05) is 25.2 Å². The Balaban J connectivity index is 1.99. The highest BCUT2D eigenvalue weighted by molar-refractivity contribution is 4.91. The van der Waals surface area contributed by atoms with Gasteiger partial charge < -0.3 is 5.32 Å². The van der Waals surface area contributed by atoms with Crippen molar-refractivity contribution >= 4 is 0 Å². The zero-order chi connectivity index (χ0) is 14.6. The van der Waals surface area contributed by atoms with Gasteiger partial charge in [0.1, 0.15) is 0 Å². The molecule has 1 saturated carbocycles. The maximum absolute atomic E-state index is 3.74. The van der Waals surface area contributed by atoms with Gasteiger partial charge in [-0.15, -0.1) is 0 Å². The van der Waals surface area contributed by atoms with Crippen LogP contribution in [0.5, 0.6) is 0 Å². The van der Waals surface area contributed by atoms with Gasteiger partial charge in [-0.25, -0.2) is 0 Å². The van der Waals surface area contributed by atoms with Crippen LogP contribution in [0.25, 0.3) is 0 Å². The number of hydrogen-bond donors (Lipinski definition) is 1. The second kappa shape index (κ2) is 7.26. The lowest BCUT2D eigenvalue weighted by molar-refractivity contribution is 0.0386. The van der Waals surface area contributed by atoms with E-state index in [0.717, 1.165) is 12.0 Å². The van der Waals surface area contributed by atoms with E-state index < -0.39 is 0 Å². The summed E-state index contributed by atoms with van der Waals surface area (Å²) in [7, 11) is 0. The summed E-state index contributed by atoms with van der Waals surface area (Å²) in [6, 6.07) is 1.40. The van der Waals surface area contributed by atoms with E-state index in [1.54, 1.807) is 0 Å². The Hall–Kier alpha value is -0.0800. The van der Waals surface area contributed by atoms with E-state index in [0.29, 0.717) is 11.5 Å². The fraction of sp³-hybridized carbons (Fsp3) is 1.00. The van der Waals surface area contributed by atoms with E-state index in [1.807, 2.05) is 0 Å². The van der Waals surface area contributed by atoms with Gasteiger partial charge in [-0.05, 0) is 50.5 Å². The Labute approximate surface area is 126 Å². The van der Waals surface area contributed by atoms with Crippen LogP contribution in [0.15, 0.2) is 0 Å². The van der Waals surface area contributed by atoms with Crippen molar-refractivity contribution in [2.45, 2.75) is 84.7 Å². The van der Waals surface area contributed by atoms with Gasteiger partial charge in [0.15, 0.2) is 0 Å². The highest BCUT2D eigenvalue weighted by atomic mass is 15.2. The molecular weight excluding hydrogens is 244 g/mol. The molecule has 2 rings (SSSR count). The van der Waals surface area contributed by atoms with E-state index in [2.05, 4.69) is 37.9 Å². The third-order valence-electron chi connectivity index (χ3n) is 5.84. The van der Waals surface area contributed by atoms with Gasteiger partial charge >= 0.3 is 0 Å². The van der Waals surface area contributed by atoms with Gasteiger partial charge in [-0.2, -0.15) is 0 Å². The molecule has 118 valence electrons. The summed E-state index contributed by atoms with van der Waals surface area (Å²) in [6.07, 6.45) is 10.0. The predicted molar refractivity (Wildman–Crippen MR) is 88.1 cm³/mol. The van der Waals surface area contributed by atoms with E-state index >= 15 is 0 Å². The Kier molecular flexibility index (Phi) is 5.92. The van der Waals surface area contributed by atoms with Crippen molar-refractivity contribution < 1.29 is 0 Å². The summed E-state index contributed by atoms with van der Waals surface area (Å²) in [5.74, 6) is 0.877. The molecule has 0 aromatic rings. The minimum atomic E-state index is 0.549. The Morgan fingerprint density at radius 2 is 1.80 bits per heavy atom. The number of rotatable bonds is 5. The summed E-state index contributed by atoms with van der Waals surface area (Å²) in [4.78, 5) is 2.81. The first-order valence-electron chi connectivity index (χ1n) is 9.00. The minimum Gasteiger partial charge on any atom is -0.314 e. The molecule has 0 spiro atoms. The van der Waals surface area contributed by atoms with Crippen molar-refractivity contribution in [3.8, 4) is 0 Å². The number of hydrogen-bond acceptors (Lipinski definition) is 2. The molecule has 2 aliphatic rings. The summed E-state index contributed by atoms with van der Waals surface area (Å²) >= 11 is 0. The summed E-state index contributed by atoms with van der Waals surface area (Å²) < 4.78 is 0. The Morgan fingerprint density at radius 3 is 2.45 bits per heavy atom. The molecule has 2 nitrogen and oxygen atoms in total. The highest BCUT2D eigenvalue weighted by Crippen LogP contribution is 2.38. The molecule has 1 heterocycles. The van der Waals surface area contributed by atoms with E-state index in [9.17, 15) is 0 Å². The summed E-state index contributed by atoms with van der Waals surface area (Å²) in [6.45, 7) is 13.3. The molecule has 2 heteroatoms. The van der Waals surface area contributed by atoms with Crippen LogP contribution >= 0.6 is 0 Å². The van der Waals surface area contributed by atoms with Crippen LogP contribution in [-0.4, -0.2) is 36.6 Å². The van der Waals surface area contributed by atoms with Crippen LogP contribution < -0.4 is 5.32 Å². The molecule has 1 aliphatic carbocycles. The lowest BCUT2D eigenvalue weighted by atomic mass is 9.72. The van der Waals surface area contributed by atoms with Crippen LogP contribution in [-0.2, 0) is 0 Å². The fourth-order valence-electron chi connectivity index (χ4n) is 4.19. The third kappa shape index (κ3) is 4.21. The Morgan fingerprint density at radius 1 is 1.10 bits per heavy atom. The molecule has 0 bridgehead atoms. The molecule has 20 heavy (non-hydrogen) atoms. The molecule has 2 unspecified atom stereocenters. The number of likely N-dealkylation sites (tertiary alicyclic amines) is 1. The van der Waals surface area contributed by atoms with Crippen molar-refractivity contribution in [3.05, 3.63) is 0 Å². The topological polar surface area (TPSA) is 15.3 Å². The molecule has 1 saturated heterocycles. The second-order valence-electron chi connectivity index (χ2n) is 7.93. The average molecular weight is 280 g/mol. The van der Waals surface area contributed by atoms with Gasteiger partial charge in [0.05, 0.1) is 0 Å². The zero-order valence-electron chi connectivity index (χ0n) is 14.3. The van der Waals surface area contributed by atoms with E-state index in [-0.39, 0.29) is 0 Å². The van der Waals surface area contributed by atoms with Crippen LogP contribution in [0.1, 0.15) is 72.6 Å². The number of piperidine rings is 1. The lowest BCUT2D eigenvalue weighted by Crippen LogP contribution is -2.52. The van der Waals surface area contributed by atoms with Crippen molar-refractivity contribution in [3.63, 3.8) is 0 Å². The molecule has 2 atom stereocenters. The SMILES string of the molecule is CC(C)NCC1(CN2CCCC(C)C2C)CCCCC1. The van der Waals surface area contributed by atoms with Crippen molar-refractivity contribution in [2.75, 3.05) is 19.6 Å². The molecule has 0 radical (unpaired) electrons. The molecule has 1 N–H and O–H groups in total. The maximum Gasteiger partial charge on any atom is 0.00928 e. The van der Waals surface area contributed by atoms with Crippen LogP contribution in [0, 0.1) is 11.3 Å². The lowest BCUT2D eigenvalue weighted by Gasteiger charge is -2.46. The minimum absolute atomic E-state index is 0.549. The molecule has 1 aliphatic heterocycles. The normalized spacial score (nSPS) is 31.6. The second-order valence-corrected chi connectivity index (χ2v) is 7.93. The van der Waals surface area contributed by atoms with Gasteiger partial charge in [0.25, 0.3) is 0 Å². The quantitative estimate of drug-likeness (QED) is 0.817. The first-order valence-corrected chi connectivity index (χ1v) is 9.00. The van der Waals surface area contributed by atoms with Crippen molar-refractivity contribution in [1.82, 2.24) is 10.2 Å². The summed E-state index contributed by atoms with van der Waals surface area (Å²) in [5.41, 5.74) is 0.549. The maximum atomic E-state index is 3.74. The first kappa shape index (κ1) is 16.3. The first-order chi connectivity index (χ1) is 9.52. The van der Waals surface area contributed by atoms with Crippen molar-refractivity contribution in [1.29, 1.82) is 0 Å². The highest BCUT2D eigenvalue weighted by Gasteiger charge is 2.36. The van der Waals surface area contributed by atoms with Gasteiger partial charge in [0.2, 0.25) is 0 Å². The van der Waals surface area contributed by atoms with Gasteiger partial charge in [-0.3, -0.25) is 4.90 Å². The fourth-order valence-corrected chi connectivity index (χ4v) is 4.19. The standard InChI is InChI=1S/C18H36N2/c1-15(2)19-13-18(10-6-5-7-11-18)14-20-12-8-9-16(3)17(20)4/h15-17,19H,5-14H2,1-4H3. The number of nitrogens with one attached hydrogen (secondary N) is 1. The molecule has 0 aromatic carbocycles. The average Bonchev–Trinajstić information content (AvgIpc) is 2.43. The number of nitrogens with zero attached hydrogens (tertiary/aromatic N) is 1. The van der Waals surface area contributed by atoms with E-state index in [4.69, 9.17) is 0 Å². The van der Waals surface area contributed by atoms with Crippen LogP contribution in [0.2, 0.25) is 0 Å². The van der Waals surface area contributed by atoms with Crippen molar-refractivity contribution in [2.24, 2.45) is 11.3 Å². The van der Waals surface area contributed by atoms with Crippen LogP contribution in [0.4, 0.5) is 0 Å².